The molecule has 0 unspecified atom stereocenters. The van der Waals surface area contributed by atoms with E-state index in [0.717, 1.165) is 11.3 Å². The molecule has 2 aromatic carbocycles. The van der Waals surface area contributed by atoms with Crippen molar-refractivity contribution in [2.45, 2.75) is 0 Å². The molecule has 0 fully saturated rings. The zero-order valence-electron chi connectivity index (χ0n) is 8.05. The molecule has 1 heterocycles. The number of fused-ring (bicyclic) bond motifs is 1. The molecule has 1 aromatic heterocycles. The smallest absolute Gasteiger partial charge is 0.124 e. The lowest BCUT2D eigenvalue weighted by molar-refractivity contribution is 0.422. The number of hydrogen-bond acceptors (Lipinski definition) is 2. The van der Waals surface area contributed by atoms with Gasteiger partial charge in [-0.05, 0) is 16.8 Å². The van der Waals surface area contributed by atoms with Gasteiger partial charge in [0.25, 0.3) is 0 Å². The SMILES string of the molecule is c1ccc2cc(-c3ccon3)ccc2c1. The van der Waals surface area contributed by atoms with E-state index >= 15 is 0 Å². The monoisotopic (exact) mass is 195 g/mol. The predicted octanol–water partition coefficient (Wildman–Crippen LogP) is 3.49. The van der Waals surface area contributed by atoms with Crippen LogP contribution in [0, 0.1) is 0 Å². The summed E-state index contributed by atoms with van der Waals surface area (Å²) in [5, 5.41) is 6.38. The van der Waals surface area contributed by atoms with Crippen molar-refractivity contribution in [3.63, 3.8) is 0 Å². The topological polar surface area (TPSA) is 26.0 Å². The Hall–Kier alpha value is -2.09. The Balaban J connectivity index is 2.22. The van der Waals surface area contributed by atoms with Gasteiger partial charge in [0.1, 0.15) is 12.0 Å². The highest BCUT2D eigenvalue weighted by Crippen LogP contribution is 2.22. The minimum Gasteiger partial charge on any atom is -0.364 e. The van der Waals surface area contributed by atoms with Crippen LogP contribution < -0.4 is 0 Å². The highest BCUT2D eigenvalue weighted by molar-refractivity contribution is 5.86. The first-order valence-corrected chi connectivity index (χ1v) is 4.83. The summed E-state index contributed by atoms with van der Waals surface area (Å²) in [4.78, 5) is 0. The van der Waals surface area contributed by atoms with Crippen molar-refractivity contribution < 1.29 is 4.52 Å². The molecule has 0 saturated carbocycles. The average Bonchev–Trinajstić information content (AvgIpc) is 2.82. The van der Waals surface area contributed by atoms with E-state index in [0.29, 0.717) is 0 Å². The number of benzene rings is 2. The Morgan fingerprint density at radius 1 is 0.867 bits per heavy atom. The van der Waals surface area contributed by atoms with E-state index in [4.69, 9.17) is 4.52 Å². The lowest BCUT2D eigenvalue weighted by atomic mass is 10.1. The van der Waals surface area contributed by atoms with E-state index in [9.17, 15) is 0 Å². The van der Waals surface area contributed by atoms with Crippen molar-refractivity contribution >= 4 is 10.8 Å². The van der Waals surface area contributed by atoms with Gasteiger partial charge in [-0.2, -0.15) is 0 Å². The van der Waals surface area contributed by atoms with E-state index in [-0.39, 0.29) is 0 Å². The van der Waals surface area contributed by atoms with E-state index in [2.05, 4.69) is 35.5 Å². The lowest BCUT2D eigenvalue weighted by Gasteiger charge is -1.99. The molecule has 3 aromatic rings. The van der Waals surface area contributed by atoms with Crippen LogP contribution in [0.5, 0.6) is 0 Å². The van der Waals surface area contributed by atoms with E-state index in [1.54, 1.807) is 6.26 Å². The van der Waals surface area contributed by atoms with Gasteiger partial charge in [0, 0.05) is 11.6 Å². The molecule has 0 N–H and O–H groups in total. The minimum absolute atomic E-state index is 0.876. The van der Waals surface area contributed by atoms with Gasteiger partial charge in [-0.25, -0.2) is 0 Å². The second-order valence-corrected chi connectivity index (χ2v) is 3.45. The maximum absolute atomic E-state index is 4.83. The van der Waals surface area contributed by atoms with Crippen LogP contribution in [0.2, 0.25) is 0 Å². The summed E-state index contributed by atoms with van der Waals surface area (Å²) in [5.74, 6) is 0. The molecule has 0 aliphatic heterocycles. The van der Waals surface area contributed by atoms with Crippen LogP contribution in [-0.4, -0.2) is 5.16 Å². The maximum atomic E-state index is 4.83. The summed E-state index contributed by atoms with van der Waals surface area (Å²) < 4.78 is 4.83. The molecule has 72 valence electrons. The van der Waals surface area contributed by atoms with Crippen LogP contribution in [0.1, 0.15) is 0 Å². The lowest BCUT2D eigenvalue weighted by Crippen LogP contribution is -1.77. The Labute approximate surface area is 87.1 Å². The maximum Gasteiger partial charge on any atom is 0.124 e. The Morgan fingerprint density at radius 3 is 2.53 bits per heavy atom. The molecule has 0 amide bonds. The van der Waals surface area contributed by atoms with Crippen LogP contribution in [-0.2, 0) is 0 Å². The molecule has 0 radical (unpaired) electrons. The summed E-state index contributed by atoms with van der Waals surface area (Å²) in [6.07, 6.45) is 1.59. The molecule has 0 atom stereocenters. The summed E-state index contributed by atoms with van der Waals surface area (Å²) in [5.41, 5.74) is 1.96. The van der Waals surface area contributed by atoms with Gasteiger partial charge in [-0.1, -0.05) is 41.6 Å². The first kappa shape index (κ1) is 8.24. The molecule has 2 nitrogen and oxygen atoms in total. The fourth-order valence-electron chi connectivity index (χ4n) is 1.71. The summed E-state index contributed by atoms with van der Waals surface area (Å²) in [6.45, 7) is 0. The molecule has 2 heteroatoms. The van der Waals surface area contributed by atoms with Crippen LogP contribution in [0.15, 0.2) is 59.3 Å². The molecule has 0 aliphatic carbocycles. The van der Waals surface area contributed by atoms with Gasteiger partial charge in [0.05, 0.1) is 0 Å². The number of rotatable bonds is 1. The number of aromatic nitrogens is 1. The predicted molar refractivity (Wildman–Crippen MR) is 59.4 cm³/mol. The van der Waals surface area contributed by atoms with E-state index < -0.39 is 0 Å². The number of nitrogens with zero attached hydrogens (tertiary/aromatic N) is 1. The van der Waals surface area contributed by atoms with Crippen LogP contribution in [0.25, 0.3) is 22.0 Å². The van der Waals surface area contributed by atoms with Gasteiger partial charge in [0.2, 0.25) is 0 Å². The first-order chi connectivity index (χ1) is 7.43. The Kier molecular flexibility index (Phi) is 1.78. The molecule has 0 saturated heterocycles. The third kappa shape index (κ3) is 1.40. The normalized spacial score (nSPS) is 10.7. The van der Waals surface area contributed by atoms with E-state index in [1.807, 2.05) is 18.2 Å². The van der Waals surface area contributed by atoms with E-state index in [1.165, 1.54) is 10.8 Å². The summed E-state index contributed by atoms with van der Waals surface area (Å²) in [6, 6.07) is 16.4. The fraction of sp³-hybridized carbons (Fsp3) is 0. The van der Waals surface area contributed by atoms with Crippen LogP contribution in [0.4, 0.5) is 0 Å². The summed E-state index contributed by atoms with van der Waals surface area (Å²) in [7, 11) is 0. The molecular formula is C13H9NO. The van der Waals surface area contributed by atoms with Gasteiger partial charge in [-0.15, -0.1) is 0 Å². The van der Waals surface area contributed by atoms with Crippen molar-refractivity contribution in [1.29, 1.82) is 0 Å². The quantitative estimate of drug-likeness (QED) is 0.594. The van der Waals surface area contributed by atoms with Crippen molar-refractivity contribution in [3.8, 4) is 11.3 Å². The highest BCUT2D eigenvalue weighted by Gasteiger charge is 2.01. The molecule has 0 bridgehead atoms. The molecule has 0 spiro atoms. The van der Waals surface area contributed by atoms with Gasteiger partial charge in [-0.3, -0.25) is 0 Å². The summed E-state index contributed by atoms with van der Waals surface area (Å²) >= 11 is 0. The molecular weight excluding hydrogens is 186 g/mol. The van der Waals surface area contributed by atoms with Crippen LogP contribution in [0.3, 0.4) is 0 Å². The second-order valence-electron chi connectivity index (χ2n) is 3.45. The second kappa shape index (κ2) is 3.24. The van der Waals surface area contributed by atoms with Crippen LogP contribution >= 0.6 is 0 Å². The average molecular weight is 195 g/mol. The van der Waals surface area contributed by atoms with Gasteiger partial charge < -0.3 is 4.52 Å². The highest BCUT2D eigenvalue weighted by atomic mass is 16.5. The third-order valence-corrected chi connectivity index (χ3v) is 2.48. The van der Waals surface area contributed by atoms with Crippen molar-refractivity contribution in [2.75, 3.05) is 0 Å². The minimum atomic E-state index is 0.876. The Bertz CT molecular complexity index is 584. The fourth-order valence-corrected chi connectivity index (χ4v) is 1.71. The first-order valence-electron chi connectivity index (χ1n) is 4.83. The molecule has 15 heavy (non-hydrogen) atoms. The van der Waals surface area contributed by atoms with Crippen molar-refractivity contribution in [3.05, 3.63) is 54.8 Å². The zero-order valence-corrected chi connectivity index (χ0v) is 8.05. The molecule has 0 aliphatic rings. The van der Waals surface area contributed by atoms with Crippen molar-refractivity contribution in [2.24, 2.45) is 0 Å². The standard InChI is InChI=1S/C13H9NO/c1-2-4-11-9-12(6-5-10(11)3-1)13-7-8-15-14-13/h1-9H. The van der Waals surface area contributed by atoms with Gasteiger partial charge >= 0.3 is 0 Å². The van der Waals surface area contributed by atoms with Crippen molar-refractivity contribution in [1.82, 2.24) is 5.16 Å². The zero-order chi connectivity index (χ0) is 10.1. The Morgan fingerprint density at radius 2 is 1.73 bits per heavy atom. The third-order valence-electron chi connectivity index (χ3n) is 2.48. The van der Waals surface area contributed by atoms with Gasteiger partial charge in [0.15, 0.2) is 0 Å². The largest absolute Gasteiger partial charge is 0.364 e. The number of hydrogen-bond donors (Lipinski definition) is 0. The molecule has 3 rings (SSSR count).